The van der Waals surface area contributed by atoms with Crippen LogP contribution in [0, 0.1) is 0 Å². The van der Waals surface area contributed by atoms with Crippen molar-refractivity contribution in [1.29, 1.82) is 0 Å². The number of hydrogen-bond acceptors (Lipinski definition) is 3. The van der Waals surface area contributed by atoms with Gasteiger partial charge in [0.1, 0.15) is 6.54 Å². The zero-order valence-corrected chi connectivity index (χ0v) is 9.88. The SMILES string of the molecule is O=C1CN(c2ccccc2Br)S(=O)(=O)N1. The first-order valence-electron chi connectivity index (χ1n) is 4.08. The fourth-order valence-electron chi connectivity index (χ4n) is 1.32. The number of amides is 1. The highest BCUT2D eigenvalue weighted by atomic mass is 79.9. The molecule has 0 aliphatic carbocycles. The van der Waals surface area contributed by atoms with Gasteiger partial charge in [0, 0.05) is 4.47 Å². The van der Waals surface area contributed by atoms with Crippen LogP contribution in [-0.4, -0.2) is 20.9 Å². The first kappa shape index (κ1) is 10.4. The maximum absolute atomic E-state index is 11.5. The molecule has 0 spiro atoms. The lowest BCUT2D eigenvalue weighted by Gasteiger charge is -2.15. The van der Waals surface area contributed by atoms with Gasteiger partial charge in [-0.2, -0.15) is 8.42 Å². The third-order valence-electron chi connectivity index (χ3n) is 1.94. The molecule has 0 unspecified atom stereocenters. The molecule has 1 amide bonds. The summed E-state index contributed by atoms with van der Waals surface area (Å²) in [4.78, 5) is 11.0. The predicted molar refractivity (Wildman–Crippen MR) is 58.6 cm³/mol. The van der Waals surface area contributed by atoms with E-state index in [-0.39, 0.29) is 6.54 Å². The van der Waals surface area contributed by atoms with Crippen LogP contribution < -0.4 is 9.03 Å². The van der Waals surface area contributed by atoms with E-state index in [0.717, 1.165) is 4.31 Å². The van der Waals surface area contributed by atoms with E-state index < -0.39 is 16.1 Å². The predicted octanol–water partition coefficient (Wildman–Crippen LogP) is 0.630. The van der Waals surface area contributed by atoms with Gasteiger partial charge in [0.2, 0.25) is 0 Å². The van der Waals surface area contributed by atoms with E-state index in [0.29, 0.717) is 10.2 Å². The molecule has 0 radical (unpaired) electrons. The number of hydrogen-bond donors (Lipinski definition) is 1. The minimum atomic E-state index is -3.71. The Morgan fingerprint density at radius 1 is 1.33 bits per heavy atom. The molecule has 1 aliphatic heterocycles. The molecule has 1 aliphatic rings. The Labute approximate surface area is 95.4 Å². The largest absolute Gasteiger partial charge is 0.326 e. The number of benzene rings is 1. The van der Waals surface area contributed by atoms with E-state index in [4.69, 9.17) is 0 Å². The smallest absolute Gasteiger partial charge is 0.272 e. The molecule has 1 N–H and O–H groups in total. The second kappa shape index (κ2) is 3.49. The summed E-state index contributed by atoms with van der Waals surface area (Å²) < 4.78 is 26.6. The number of nitrogens with zero attached hydrogens (tertiary/aromatic N) is 1. The van der Waals surface area contributed by atoms with E-state index in [9.17, 15) is 13.2 Å². The van der Waals surface area contributed by atoms with Crippen LogP contribution in [-0.2, 0) is 15.0 Å². The van der Waals surface area contributed by atoms with Gasteiger partial charge in [0.15, 0.2) is 0 Å². The second-order valence-electron chi connectivity index (χ2n) is 2.99. The van der Waals surface area contributed by atoms with Crippen molar-refractivity contribution in [2.75, 3.05) is 10.8 Å². The van der Waals surface area contributed by atoms with Crippen LogP contribution in [0.15, 0.2) is 28.7 Å². The fraction of sp³-hybridized carbons (Fsp3) is 0.125. The zero-order valence-electron chi connectivity index (χ0n) is 7.47. The quantitative estimate of drug-likeness (QED) is 0.825. The number of para-hydroxylation sites is 1. The van der Waals surface area contributed by atoms with Gasteiger partial charge in [-0.1, -0.05) is 12.1 Å². The highest BCUT2D eigenvalue weighted by Gasteiger charge is 2.34. The van der Waals surface area contributed by atoms with E-state index in [2.05, 4.69) is 15.9 Å². The van der Waals surface area contributed by atoms with Gasteiger partial charge in [0.25, 0.3) is 5.91 Å². The summed E-state index contributed by atoms with van der Waals surface area (Å²) in [5.41, 5.74) is 0.454. The van der Waals surface area contributed by atoms with Gasteiger partial charge in [-0.05, 0) is 28.1 Å². The van der Waals surface area contributed by atoms with Crippen molar-refractivity contribution in [3.63, 3.8) is 0 Å². The Kier molecular flexibility index (Phi) is 2.43. The Balaban J connectivity index is 2.49. The average Bonchev–Trinajstić information content (AvgIpc) is 2.40. The standard InChI is InChI=1S/C8H7BrN2O3S/c9-6-3-1-2-4-7(6)11-5-8(12)10-15(11,13)14/h1-4H,5H2,(H,10,12). The molecular weight excluding hydrogens is 284 g/mol. The normalized spacial score (nSPS) is 19.0. The van der Waals surface area contributed by atoms with Gasteiger partial charge in [-0.25, -0.2) is 9.03 Å². The third-order valence-corrected chi connectivity index (χ3v) is 4.00. The summed E-state index contributed by atoms with van der Waals surface area (Å²) in [6.07, 6.45) is 0. The minimum absolute atomic E-state index is 0.176. The average molecular weight is 291 g/mol. The van der Waals surface area contributed by atoms with Crippen LogP contribution in [0.5, 0.6) is 0 Å². The Morgan fingerprint density at radius 3 is 2.53 bits per heavy atom. The summed E-state index contributed by atoms with van der Waals surface area (Å²) in [6.45, 7) is -0.176. The molecule has 1 fully saturated rings. The number of nitrogens with one attached hydrogen (secondary N) is 1. The van der Waals surface area contributed by atoms with Crippen molar-refractivity contribution in [3.05, 3.63) is 28.7 Å². The maximum Gasteiger partial charge on any atom is 0.326 e. The van der Waals surface area contributed by atoms with Crippen molar-refractivity contribution in [2.45, 2.75) is 0 Å². The lowest BCUT2D eigenvalue weighted by atomic mass is 10.3. The molecule has 5 nitrogen and oxygen atoms in total. The van der Waals surface area contributed by atoms with E-state index in [1.54, 1.807) is 24.3 Å². The van der Waals surface area contributed by atoms with Gasteiger partial charge >= 0.3 is 10.2 Å². The van der Waals surface area contributed by atoms with E-state index in [1.807, 2.05) is 4.72 Å². The molecule has 2 rings (SSSR count). The first-order valence-corrected chi connectivity index (χ1v) is 6.32. The van der Waals surface area contributed by atoms with E-state index in [1.165, 1.54) is 0 Å². The zero-order chi connectivity index (χ0) is 11.1. The van der Waals surface area contributed by atoms with Crippen molar-refractivity contribution < 1.29 is 13.2 Å². The molecule has 1 saturated heterocycles. The molecule has 1 aromatic carbocycles. The van der Waals surface area contributed by atoms with Crippen LogP contribution in [0.1, 0.15) is 0 Å². The minimum Gasteiger partial charge on any atom is -0.272 e. The molecule has 0 atom stereocenters. The molecule has 1 aromatic rings. The summed E-state index contributed by atoms with van der Waals surface area (Å²) in [6, 6.07) is 6.82. The molecule has 80 valence electrons. The summed E-state index contributed by atoms with van der Waals surface area (Å²) in [5.74, 6) is -0.522. The van der Waals surface area contributed by atoms with Crippen molar-refractivity contribution in [1.82, 2.24) is 4.72 Å². The Morgan fingerprint density at radius 2 is 2.00 bits per heavy atom. The Hall–Kier alpha value is -1.08. The van der Waals surface area contributed by atoms with Gasteiger partial charge < -0.3 is 0 Å². The Bertz CT molecular complexity index is 514. The summed E-state index contributed by atoms with van der Waals surface area (Å²) in [7, 11) is -3.71. The van der Waals surface area contributed by atoms with Crippen LogP contribution >= 0.6 is 15.9 Å². The van der Waals surface area contributed by atoms with Crippen LogP contribution in [0.2, 0.25) is 0 Å². The van der Waals surface area contributed by atoms with E-state index >= 15 is 0 Å². The van der Waals surface area contributed by atoms with Gasteiger partial charge in [-0.3, -0.25) is 4.79 Å². The number of anilines is 1. The van der Waals surface area contributed by atoms with Crippen molar-refractivity contribution >= 4 is 37.7 Å². The molecule has 7 heteroatoms. The molecule has 15 heavy (non-hydrogen) atoms. The number of halogens is 1. The molecule has 1 heterocycles. The highest BCUT2D eigenvalue weighted by Crippen LogP contribution is 2.28. The molecule has 0 saturated carbocycles. The lowest BCUT2D eigenvalue weighted by molar-refractivity contribution is -0.117. The highest BCUT2D eigenvalue weighted by molar-refractivity contribution is 9.10. The maximum atomic E-state index is 11.5. The topological polar surface area (TPSA) is 66.5 Å². The summed E-state index contributed by atoms with van der Waals surface area (Å²) >= 11 is 3.23. The molecule has 0 bridgehead atoms. The van der Waals surface area contributed by atoms with Crippen LogP contribution in [0.25, 0.3) is 0 Å². The van der Waals surface area contributed by atoms with Gasteiger partial charge in [-0.15, -0.1) is 0 Å². The van der Waals surface area contributed by atoms with Crippen LogP contribution in [0.4, 0.5) is 5.69 Å². The number of rotatable bonds is 1. The monoisotopic (exact) mass is 290 g/mol. The summed E-state index contributed by atoms with van der Waals surface area (Å²) in [5, 5.41) is 0. The first-order chi connectivity index (χ1) is 7.00. The lowest BCUT2D eigenvalue weighted by Crippen LogP contribution is -2.29. The number of carbonyl (C=O) groups excluding carboxylic acids is 1. The number of carbonyl (C=O) groups is 1. The second-order valence-corrected chi connectivity index (χ2v) is 5.44. The third kappa shape index (κ3) is 1.84. The fourth-order valence-corrected chi connectivity index (χ4v) is 3.10. The molecular formula is C8H7BrN2O3S. The van der Waals surface area contributed by atoms with Gasteiger partial charge in [0.05, 0.1) is 5.69 Å². The van der Waals surface area contributed by atoms with Crippen LogP contribution in [0.3, 0.4) is 0 Å². The van der Waals surface area contributed by atoms with Crippen molar-refractivity contribution in [3.8, 4) is 0 Å². The molecule has 0 aromatic heterocycles. The van der Waals surface area contributed by atoms with Crippen molar-refractivity contribution in [2.24, 2.45) is 0 Å².